The minimum absolute atomic E-state index is 0.0379. The van der Waals surface area contributed by atoms with E-state index >= 15 is 0 Å². The van der Waals surface area contributed by atoms with Crippen molar-refractivity contribution in [2.45, 2.75) is 83.5 Å². The van der Waals surface area contributed by atoms with Crippen LogP contribution in [-0.4, -0.2) is 22.6 Å². The van der Waals surface area contributed by atoms with Gasteiger partial charge in [-0.3, -0.25) is 10.2 Å². The molecule has 1 heterocycles. The van der Waals surface area contributed by atoms with Crippen LogP contribution in [0.2, 0.25) is 0 Å². The fourth-order valence-corrected chi connectivity index (χ4v) is 4.36. The Morgan fingerprint density at radius 1 is 1.10 bits per heavy atom. The number of unbranched alkanes of at least 4 members (excludes halogenated alkanes) is 4. The normalized spacial score (nSPS) is 18.0. The lowest BCUT2D eigenvalue weighted by Crippen LogP contribution is -2.51. The molecule has 30 heavy (non-hydrogen) atoms. The van der Waals surface area contributed by atoms with Crippen molar-refractivity contribution < 1.29 is 18.0 Å². The number of benzene rings is 2. The molecule has 0 aromatic heterocycles. The van der Waals surface area contributed by atoms with Crippen molar-refractivity contribution in [1.82, 2.24) is 10.4 Å². The fraction of sp³-hybridized carbons (Fsp3) is 0.542. The van der Waals surface area contributed by atoms with Crippen LogP contribution in [-0.2, 0) is 11.2 Å². The second-order valence-electron chi connectivity index (χ2n) is 8.90. The zero-order valence-electron chi connectivity index (χ0n) is 18.0. The number of halogens is 3. The molecule has 1 amide bonds. The number of aryl methyl sites for hydroxylation is 1. The highest BCUT2D eigenvalue weighted by Gasteiger charge is 2.52. The van der Waals surface area contributed by atoms with E-state index in [0.717, 1.165) is 40.6 Å². The number of nitrogens with zero attached hydrogens (tertiary/aromatic N) is 1. The summed E-state index contributed by atoms with van der Waals surface area (Å²) in [4.78, 5) is 11.9. The van der Waals surface area contributed by atoms with Gasteiger partial charge in [-0.25, -0.2) is 0 Å². The van der Waals surface area contributed by atoms with Gasteiger partial charge in [0.05, 0.1) is 0 Å². The highest BCUT2D eigenvalue weighted by atomic mass is 19.4. The number of carbonyl (C=O) groups excluding carboxylic acids is 1. The van der Waals surface area contributed by atoms with Crippen LogP contribution < -0.4 is 5.43 Å². The SMILES string of the molecule is CCCCCCCc1cccc2ccc([C@H](N3NC(=O)CC3(C)C)C(F)(F)F)cc12. The van der Waals surface area contributed by atoms with Crippen molar-refractivity contribution >= 4 is 16.7 Å². The maximum Gasteiger partial charge on any atom is 0.409 e. The molecule has 0 unspecified atom stereocenters. The molecule has 2 aromatic carbocycles. The van der Waals surface area contributed by atoms with Crippen molar-refractivity contribution in [3.63, 3.8) is 0 Å². The first kappa shape index (κ1) is 22.6. The summed E-state index contributed by atoms with van der Waals surface area (Å²) in [6.07, 6.45) is 2.11. The summed E-state index contributed by atoms with van der Waals surface area (Å²) in [5, 5.41) is 2.88. The molecule has 6 heteroatoms. The van der Waals surface area contributed by atoms with Crippen molar-refractivity contribution in [3.05, 3.63) is 47.5 Å². The molecule has 0 saturated carbocycles. The van der Waals surface area contributed by atoms with Gasteiger partial charge in [0.1, 0.15) is 0 Å². The number of hydrogen-bond acceptors (Lipinski definition) is 2. The van der Waals surface area contributed by atoms with Crippen LogP contribution >= 0.6 is 0 Å². The van der Waals surface area contributed by atoms with E-state index in [0.29, 0.717) is 0 Å². The van der Waals surface area contributed by atoms with Crippen molar-refractivity contribution in [2.24, 2.45) is 0 Å². The van der Waals surface area contributed by atoms with E-state index in [1.54, 1.807) is 26.0 Å². The molecule has 1 saturated heterocycles. The van der Waals surface area contributed by atoms with Crippen molar-refractivity contribution in [3.8, 4) is 0 Å². The molecule has 0 bridgehead atoms. The summed E-state index contributed by atoms with van der Waals surface area (Å²) in [6.45, 7) is 5.49. The predicted octanol–water partition coefficient (Wildman–Crippen LogP) is 6.47. The molecule has 0 spiro atoms. The molecular weight excluding hydrogens is 389 g/mol. The van der Waals surface area contributed by atoms with Gasteiger partial charge >= 0.3 is 6.18 Å². The number of nitrogens with one attached hydrogen (secondary N) is 1. The Morgan fingerprint density at radius 3 is 2.47 bits per heavy atom. The summed E-state index contributed by atoms with van der Waals surface area (Å²) in [5.41, 5.74) is 2.75. The first-order valence-corrected chi connectivity index (χ1v) is 10.8. The van der Waals surface area contributed by atoms with E-state index in [4.69, 9.17) is 0 Å². The Balaban J connectivity index is 1.95. The minimum atomic E-state index is -4.52. The van der Waals surface area contributed by atoms with E-state index in [-0.39, 0.29) is 17.9 Å². The summed E-state index contributed by atoms with van der Waals surface area (Å²) >= 11 is 0. The molecule has 164 valence electrons. The Bertz CT molecular complexity index is 892. The molecule has 3 nitrogen and oxygen atoms in total. The molecule has 1 N–H and O–H groups in total. The van der Waals surface area contributed by atoms with Crippen LogP contribution in [0.15, 0.2) is 36.4 Å². The van der Waals surface area contributed by atoms with Gasteiger partial charge in [-0.05, 0) is 54.7 Å². The zero-order chi connectivity index (χ0) is 21.9. The van der Waals surface area contributed by atoms with Gasteiger partial charge in [-0.1, -0.05) is 62.9 Å². The van der Waals surface area contributed by atoms with E-state index in [1.165, 1.54) is 25.3 Å². The van der Waals surface area contributed by atoms with Crippen LogP contribution in [0.5, 0.6) is 0 Å². The van der Waals surface area contributed by atoms with E-state index in [9.17, 15) is 18.0 Å². The number of fused-ring (bicyclic) bond motifs is 1. The maximum atomic E-state index is 14.2. The third-order valence-electron chi connectivity index (χ3n) is 5.92. The average molecular weight is 421 g/mol. The molecule has 0 aliphatic carbocycles. The molecule has 1 atom stereocenters. The summed E-state index contributed by atoms with van der Waals surface area (Å²) < 4.78 is 42.5. The Hall–Kier alpha value is -2.08. The summed E-state index contributed by atoms with van der Waals surface area (Å²) in [7, 11) is 0. The molecule has 1 aliphatic rings. The van der Waals surface area contributed by atoms with Crippen LogP contribution in [0.25, 0.3) is 10.8 Å². The minimum Gasteiger partial charge on any atom is -0.287 e. The second-order valence-corrected chi connectivity index (χ2v) is 8.90. The lowest BCUT2D eigenvalue weighted by Gasteiger charge is -2.38. The first-order chi connectivity index (χ1) is 14.1. The number of rotatable bonds is 8. The van der Waals surface area contributed by atoms with Gasteiger partial charge in [0.25, 0.3) is 0 Å². The van der Waals surface area contributed by atoms with E-state index in [1.807, 2.05) is 18.2 Å². The smallest absolute Gasteiger partial charge is 0.287 e. The van der Waals surface area contributed by atoms with E-state index < -0.39 is 17.8 Å². The quantitative estimate of drug-likeness (QED) is 0.496. The Labute approximate surface area is 176 Å². The number of alkyl halides is 3. The van der Waals surface area contributed by atoms with Crippen molar-refractivity contribution in [2.75, 3.05) is 0 Å². The number of carbonyl (C=O) groups is 1. The van der Waals surface area contributed by atoms with Gasteiger partial charge in [-0.2, -0.15) is 18.2 Å². The molecular formula is C24H31F3N2O. The van der Waals surface area contributed by atoms with Crippen molar-refractivity contribution in [1.29, 1.82) is 0 Å². The summed E-state index contributed by atoms with van der Waals surface area (Å²) in [5.74, 6) is -0.386. The molecule has 1 fully saturated rings. The molecule has 2 aromatic rings. The largest absolute Gasteiger partial charge is 0.409 e. The van der Waals surface area contributed by atoms with Gasteiger partial charge in [0.15, 0.2) is 6.04 Å². The van der Waals surface area contributed by atoms with Gasteiger partial charge < -0.3 is 0 Å². The zero-order valence-corrected chi connectivity index (χ0v) is 18.0. The number of hydrogen-bond donors (Lipinski definition) is 1. The van der Waals surface area contributed by atoms with Gasteiger partial charge in [-0.15, -0.1) is 0 Å². The van der Waals surface area contributed by atoms with Gasteiger partial charge in [0, 0.05) is 12.0 Å². The summed E-state index contributed by atoms with van der Waals surface area (Å²) in [6, 6.07) is 8.98. The highest BCUT2D eigenvalue weighted by Crippen LogP contribution is 2.43. The highest BCUT2D eigenvalue weighted by molar-refractivity contribution is 5.86. The topological polar surface area (TPSA) is 32.3 Å². The Morgan fingerprint density at radius 2 is 1.83 bits per heavy atom. The van der Waals surface area contributed by atoms with Crippen LogP contribution in [0.1, 0.15) is 76.5 Å². The third-order valence-corrected chi connectivity index (χ3v) is 5.92. The standard InChI is InChI=1S/C24H31F3N2O/c1-4-5-6-7-8-10-17-11-9-12-18-13-14-19(15-20(17)18)22(24(25,26)27)29-23(2,3)16-21(30)28-29/h9,11-15,22H,4-8,10,16H2,1-3H3,(H,28,30)/t22-/m0/s1. The Kier molecular flexibility index (Phi) is 6.75. The first-order valence-electron chi connectivity index (χ1n) is 10.8. The van der Waals surface area contributed by atoms with Crippen LogP contribution in [0.4, 0.5) is 13.2 Å². The molecule has 1 aliphatic heterocycles. The number of hydrazine groups is 1. The molecule has 3 rings (SSSR count). The van der Waals surface area contributed by atoms with E-state index in [2.05, 4.69) is 12.3 Å². The maximum absolute atomic E-state index is 14.2. The average Bonchev–Trinajstić information content (AvgIpc) is 2.92. The number of amides is 1. The van der Waals surface area contributed by atoms with Crippen LogP contribution in [0, 0.1) is 0 Å². The predicted molar refractivity (Wildman–Crippen MR) is 114 cm³/mol. The monoisotopic (exact) mass is 420 g/mol. The lowest BCUT2D eigenvalue weighted by molar-refractivity contribution is -0.203. The second kappa shape index (κ2) is 8.96. The van der Waals surface area contributed by atoms with Gasteiger partial charge in [0.2, 0.25) is 5.91 Å². The fourth-order valence-electron chi connectivity index (χ4n) is 4.36. The molecule has 0 radical (unpaired) electrons. The van der Waals surface area contributed by atoms with Crippen LogP contribution in [0.3, 0.4) is 0 Å². The lowest BCUT2D eigenvalue weighted by atomic mass is 9.93. The third kappa shape index (κ3) is 4.97.